The summed E-state index contributed by atoms with van der Waals surface area (Å²) in [5.74, 6) is -0.599. The van der Waals surface area contributed by atoms with Crippen LogP contribution in [-0.2, 0) is 71.0 Å². The van der Waals surface area contributed by atoms with Gasteiger partial charge in [-0.05, 0) is 34.2 Å². The molecule has 0 spiro atoms. The molecule has 0 saturated carbocycles. The SMILES string of the molecule is C=C[C@@H](OCc1ccccc1)[C@H](OCc1ccccc1)[C@@H](COCc1ccccc1)OC(=O)[C@H]1OCC[C@@H](OCc2ccccc2)[C@@H]1OCc1ccccc1. The fourth-order valence-corrected chi connectivity index (χ4v) is 6.41. The Bertz CT molecular complexity index is 1810. The lowest BCUT2D eigenvalue weighted by molar-refractivity contribution is -0.216. The van der Waals surface area contributed by atoms with Gasteiger partial charge in [-0.2, -0.15) is 0 Å². The van der Waals surface area contributed by atoms with Crippen molar-refractivity contribution >= 4 is 5.97 Å². The molecule has 1 fully saturated rings. The lowest BCUT2D eigenvalue weighted by Gasteiger charge is -2.38. The Labute approximate surface area is 324 Å². The Morgan fingerprint density at radius 1 is 0.618 bits per heavy atom. The molecular weight excluding hydrogens is 693 g/mol. The van der Waals surface area contributed by atoms with Crippen molar-refractivity contribution in [1.29, 1.82) is 0 Å². The number of benzene rings is 5. The van der Waals surface area contributed by atoms with Gasteiger partial charge in [-0.15, -0.1) is 6.58 Å². The molecule has 8 nitrogen and oxygen atoms in total. The van der Waals surface area contributed by atoms with Gasteiger partial charge in [-0.3, -0.25) is 0 Å². The number of rotatable bonds is 21. The lowest BCUT2D eigenvalue weighted by Crippen LogP contribution is -2.54. The fraction of sp³-hybridized carbons (Fsp3) is 0.298. The normalized spacial score (nSPS) is 18.5. The van der Waals surface area contributed by atoms with Gasteiger partial charge in [0.1, 0.15) is 18.3 Å². The summed E-state index contributed by atoms with van der Waals surface area (Å²) < 4.78 is 44.9. The molecule has 6 rings (SSSR count). The first-order chi connectivity index (χ1) is 27.2. The standard InChI is InChI=1S/C47H50O8/c1-2-41(51-31-37-20-10-4-11-21-37)44(53-33-39-24-14-6-15-25-39)43(35-49-30-36-18-8-3-9-19-36)55-47(48)46-45(54-34-40-26-16-7-17-27-40)42(28-29-50-46)52-32-38-22-12-5-13-23-38/h2-27,41-46H,1,28-35H2/t41-,42-,43-,44+,45+,46+/m1/s1. The highest BCUT2D eigenvalue weighted by atomic mass is 16.6. The molecule has 5 aromatic carbocycles. The van der Waals surface area contributed by atoms with Crippen molar-refractivity contribution in [1.82, 2.24) is 0 Å². The smallest absolute Gasteiger partial charge is 0.338 e. The summed E-state index contributed by atoms with van der Waals surface area (Å²) in [5.41, 5.74) is 4.92. The summed E-state index contributed by atoms with van der Waals surface area (Å²) in [4.78, 5) is 14.5. The molecule has 1 saturated heterocycles. The highest BCUT2D eigenvalue weighted by molar-refractivity contribution is 5.76. The number of carbonyl (C=O) groups is 1. The van der Waals surface area contributed by atoms with Crippen molar-refractivity contribution < 1.29 is 38.0 Å². The topological polar surface area (TPSA) is 81.7 Å². The molecule has 0 unspecified atom stereocenters. The van der Waals surface area contributed by atoms with Crippen molar-refractivity contribution in [2.75, 3.05) is 13.2 Å². The summed E-state index contributed by atoms with van der Waals surface area (Å²) in [6, 6.07) is 49.3. The first-order valence-electron chi connectivity index (χ1n) is 18.8. The maximum Gasteiger partial charge on any atom is 0.338 e. The maximum atomic E-state index is 14.5. The molecule has 0 N–H and O–H groups in total. The number of hydrogen-bond acceptors (Lipinski definition) is 8. The largest absolute Gasteiger partial charge is 0.455 e. The lowest BCUT2D eigenvalue weighted by atomic mass is 10.0. The Morgan fingerprint density at radius 3 is 1.58 bits per heavy atom. The highest BCUT2D eigenvalue weighted by Gasteiger charge is 2.44. The van der Waals surface area contributed by atoms with Crippen LogP contribution in [0.2, 0.25) is 0 Å². The predicted octanol–water partition coefficient (Wildman–Crippen LogP) is 8.43. The molecule has 8 heteroatoms. The highest BCUT2D eigenvalue weighted by Crippen LogP contribution is 2.27. The minimum Gasteiger partial charge on any atom is -0.455 e. The van der Waals surface area contributed by atoms with Crippen molar-refractivity contribution in [2.45, 2.75) is 76.1 Å². The molecular formula is C47H50O8. The number of hydrogen-bond donors (Lipinski definition) is 0. The molecule has 1 aliphatic heterocycles. The Morgan fingerprint density at radius 2 is 1.07 bits per heavy atom. The van der Waals surface area contributed by atoms with Crippen LogP contribution < -0.4 is 0 Å². The van der Waals surface area contributed by atoms with E-state index in [-0.39, 0.29) is 19.8 Å². The maximum absolute atomic E-state index is 14.5. The molecule has 6 atom stereocenters. The zero-order valence-electron chi connectivity index (χ0n) is 31.1. The Kier molecular flexibility index (Phi) is 15.8. The van der Waals surface area contributed by atoms with E-state index in [4.69, 9.17) is 33.2 Å². The van der Waals surface area contributed by atoms with Crippen LogP contribution >= 0.6 is 0 Å². The van der Waals surface area contributed by atoms with Gasteiger partial charge in [0.15, 0.2) is 12.2 Å². The molecule has 5 aromatic rings. The summed E-state index contributed by atoms with van der Waals surface area (Å²) in [7, 11) is 0. The van der Waals surface area contributed by atoms with E-state index in [0.29, 0.717) is 32.8 Å². The van der Waals surface area contributed by atoms with E-state index in [1.54, 1.807) is 6.08 Å². The zero-order valence-corrected chi connectivity index (χ0v) is 31.1. The molecule has 1 heterocycles. The van der Waals surface area contributed by atoms with Crippen molar-refractivity contribution in [2.24, 2.45) is 0 Å². The van der Waals surface area contributed by atoms with Crippen molar-refractivity contribution in [3.05, 3.63) is 192 Å². The van der Waals surface area contributed by atoms with E-state index in [1.165, 1.54) is 0 Å². The summed E-state index contributed by atoms with van der Waals surface area (Å²) in [6.07, 6.45) is -2.38. The van der Waals surface area contributed by atoms with Crippen LogP contribution in [-0.4, -0.2) is 55.8 Å². The summed E-state index contributed by atoms with van der Waals surface area (Å²) in [6.45, 7) is 5.90. The molecule has 0 aliphatic carbocycles. The van der Waals surface area contributed by atoms with Gasteiger partial charge < -0.3 is 33.2 Å². The number of carbonyl (C=O) groups excluding carboxylic acids is 1. The molecule has 0 amide bonds. The van der Waals surface area contributed by atoms with E-state index in [0.717, 1.165) is 27.8 Å². The summed E-state index contributed by atoms with van der Waals surface area (Å²) in [5, 5.41) is 0. The third-order valence-corrected chi connectivity index (χ3v) is 9.34. The second kappa shape index (κ2) is 21.8. The molecule has 1 aliphatic rings. The van der Waals surface area contributed by atoms with Crippen LogP contribution in [0, 0.1) is 0 Å². The molecule has 0 bridgehead atoms. The first-order valence-corrected chi connectivity index (χ1v) is 18.8. The average molecular weight is 743 g/mol. The molecule has 0 radical (unpaired) electrons. The number of esters is 1. The molecule has 55 heavy (non-hydrogen) atoms. The van der Waals surface area contributed by atoms with Crippen LogP contribution in [0.25, 0.3) is 0 Å². The van der Waals surface area contributed by atoms with Crippen LogP contribution in [0.1, 0.15) is 34.2 Å². The minimum atomic E-state index is -1.07. The second-order valence-corrected chi connectivity index (χ2v) is 13.4. The average Bonchev–Trinajstić information content (AvgIpc) is 3.25. The van der Waals surface area contributed by atoms with Gasteiger partial charge in [0.2, 0.25) is 0 Å². The van der Waals surface area contributed by atoms with Gasteiger partial charge in [0.05, 0.1) is 52.4 Å². The third-order valence-electron chi connectivity index (χ3n) is 9.34. The second-order valence-electron chi connectivity index (χ2n) is 13.4. The van der Waals surface area contributed by atoms with E-state index >= 15 is 0 Å². The fourth-order valence-electron chi connectivity index (χ4n) is 6.41. The Balaban J connectivity index is 1.25. The minimum absolute atomic E-state index is 0.0231. The van der Waals surface area contributed by atoms with Crippen LogP contribution in [0.3, 0.4) is 0 Å². The van der Waals surface area contributed by atoms with Crippen LogP contribution in [0.15, 0.2) is 164 Å². The van der Waals surface area contributed by atoms with Gasteiger partial charge in [0, 0.05) is 0 Å². The molecule has 0 aromatic heterocycles. The Hall–Kier alpha value is -4.93. The molecule has 286 valence electrons. The quantitative estimate of drug-likeness (QED) is 0.0548. The van der Waals surface area contributed by atoms with Crippen LogP contribution in [0.5, 0.6) is 0 Å². The summed E-state index contributed by atoms with van der Waals surface area (Å²) >= 11 is 0. The number of ether oxygens (including phenoxy) is 7. The third kappa shape index (κ3) is 12.6. The predicted molar refractivity (Wildman–Crippen MR) is 211 cm³/mol. The zero-order chi connectivity index (χ0) is 37.9. The van der Waals surface area contributed by atoms with Gasteiger partial charge in [-0.1, -0.05) is 158 Å². The van der Waals surface area contributed by atoms with Gasteiger partial charge >= 0.3 is 5.97 Å². The first kappa shape index (κ1) is 39.8. The van der Waals surface area contributed by atoms with E-state index in [9.17, 15) is 4.79 Å². The van der Waals surface area contributed by atoms with E-state index < -0.39 is 42.6 Å². The van der Waals surface area contributed by atoms with E-state index in [2.05, 4.69) is 6.58 Å². The van der Waals surface area contributed by atoms with Gasteiger partial charge in [0.25, 0.3) is 0 Å². The van der Waals surface area contributed by atoms with Crippen molar-refractivity contribution in [3.63, 3.8) is 0 Å². The van der Waals surface area contributed by atoms with Crippen LogP contribution in [0.4, 0.5) is 0 Å². The monoisotopic (exact) mass is 742 g/mol. The van der Waals surface area contributed by atoms with Crippen molar-refractivity contribution in [3.8, 4) is 0 Å². The van der Waals surface area contributed by atoms with Gasteiger partial charge in [-0.25, -0.2) is 4.79 Å². The van der Waals surface area contributed by atoms with E-state index in [1.807, 2.05) is 152 Å².